The van der Waals surface area contributed by atoms with Gasteiger partial charge in [-0.2, -0.15) is 0 Å². The molecule has 2 nitrogen and oxygen atoms in total. The third kappa shape index (κ3) is 1.41. The molecule has 0 aromatic heterocycles. The highest BCUT2D eigenvalue weighted by Crippen LogP contribution is 2.03. The van der Waals surface area contributed by atoms with Gasteiger partial charge < -0.3 is 0 Å². The Morgan fingerprint density at radius 3 is 2.30 bits per heavy atom. The van der Waals surface area contributed by atoms with Crippen molar-refractivity contribution >= 4 is 5.69 Å². The first kappa shape index (κ1) is 6.93. The standard InChI is InChI=1S/C8H9NO/c1-2-7-3-5-8(9-10)6-4-7/h3-6H,2H2,1H3/p+1. The fourth-order valence-electron chi connectivity index (χ4n) is 0.808. The van der Waals surface area contributed by atoms with Gasteiger partial charge in [-0.25, -0.2) is 0 Å². The van der Waals surface area contributed by atoms with Crippen molar-refractivity contribution in [3.8, 4) is 0 Å². The molecule has 1 N–H and O–H groups in total. The van der Waals surface area contributed by atoms with E-state index in [0.717, 1.165) is 6.42 Å². The van der Waals surface area contributed by atoms with Gasteiger partial charge >= 0.3 is 0 Å². The third-order valence-electron chi connectivity index (χ3n) is 1.48. The molecule has 0 saturated carbocycles. The smallest absolute Gasteiger partial charge is 0.0613 e. The molecule has 0 atom stereocenters. The van der Waals surface area contributed by atoms with Gasteiger partial charge in [0.2, 0.25) is 0 Å². The molecular formula is C8H10NO+. The van der Waals surface area contributed by atoms with E-state index < -0.39 is 0 Å². The number of nitrogens with one attached hydrogen (secondary N) is 1. The lowest BCUT2D eigenvalue weighted by atomic mass is 10.2. The van der Waals surface area contributed by atoms with Gasteiger partial charge in [0, 0.05) is 22.2 Å². The highest BCUT2D eigenvalue weighted by atomic mass is 16.3. The maximum absolute atomic E-state index is 10.1. The Bertz CT molecular complexity index is 215. The minimum atomic E-state index is 0.622. The third-order valence-corrected chi connectivity index (χ3v) is 1.48. The fraction of sp³-hybridized carbons (Fsp3) is 0.250. The van der Waals surface area contributed by atoms with Crippen LogP contribution in [0.15, 0.2) is 24.3 Å². The van der Waals surface area contributed by atoms with Crippen LogP contribution in [0.25, 0.3) is 0 Å². The molecule has 0 aliphatic heterocycles. The van der Waals surface area contributed by atoms with Crippen molar-refractivity contribution in [1.82, 2.24) is 0 Å². The Morgan fingerprint density at radius 1 is 1.30 bits per heavy atom. The zero-order chi connectivity index (χ0) is 7.40. The molecule has 1 aromatic rings. The van der Waals surface area contributed by atoms with Gasteiger partial charge in [0.1, 0.15) is 0 Å². The number of hydrogen-bond acceptors (Lipinski definition) is 1. The minimum absolute atomic E-state index is 0.622. The van der Waals surface area contributed by atoms with Gasteiger partial charge in [0.25, 0.3) is 5.69 Å². The summed E-state index contributed by atoms with van der Waals surface area (Å²) in [5, 5.41) is 1.83. The van der Waals surface area contributed by atoms with E-state index in [0.29, 0.717) is 5.69 Å². The van der Waals surface area contributed by atoms with Crippen LogP contribution < -0.4 is 5.18 Å². The first-order valence-electron chi connectivity index (χ1n) is 3.34. The predicted octanol–water partition coefficient (Wildman–Crippen LogP) is 0.728. The summed E-state index contributed by atoms with van der Waals surface area (Å²) in [4.78, 5) is 10.1. The maximum atomic E-state index is 10.1. The summed E-state index contributed by atoms with van der Waals surface area (Å²) in [5.74, 6) is 0. The zero-order valence-corrected chi connectivity index (χ0v) is 5.92. The molecule has 0 amide bonds. The summed E-state index contributed by atoms with van der Waals surface area (Å²) >= 11 is 0. The molecule has 10 heavy (non-hydrogen) atoms. The van der Waals surface area contributed by atoms with Crippen LogP contribution in [-0.2, 0) is 6.42 Å². The SMILES string of the molecule is CCc1ccc([NH+]=O)cc1. The van der Waals surface area contributed by atoms with Gasteiger partial charge in [-0.05, 0) is 12.0 Å². The van der Waals surface area contributed by atoms with E-state index in [2.05, 4.69) is 6.92 Å². The Labute approximate surface area is 59.9 Å². The van der Waals surface area contributed by atoms with E-state index in [4.69, 9.17) is 0 Å². The molecule has 1 rings (SSSR count). The minimum Gasteiger partial charge on any atom is -0.0613 e. The molecule has 0 unspecified atom stereocenters. The van der Waals surface area contributed by atoms with E-state index in [-0.39, 0.29) is 0 Å². The monoisotopic (exact) mass is 136 g/mol. The highest BCUT2D eigenvalue weighted by Gasteiger charge is 1.94. The summed E-state index contributed by atoms with van der Waals surface area (Å²) in [6, 6.07) is 7.46. The Morgan fingerprint density at radius 2 is 1.90 bits per heavy atom. The van der Waals surface area contributed by atoms with Crippen molar-refractivity contribution in [3.63, 3.8) is 0 Å². The lowest BCUT2D eigenvalue weighted by molar-refractivity contribution is -0.379. The van der Waals surface area contributed by atoms with Crippen LogP contribution in [0.2, 0.25) is 0 Å². The van der Waals surface area contributed by atoms with Crippen molar-refractivity contribution in [1.29, 1.82) is 0 Å². The number of rotatable bonds is 2. The summed E-state index contributed by atoms with van der Waals surface area (Å²) in [7, 11) is 0. The molecule has 0 fully saturated rings. The topological polar surface area (TPSA) is 31.0 Å². The molecule has 0 bridgehead atoms. The zero-order valence-electron chi connectivity index (χ0n) is 5.92. The van der Waals surface area contributed by atoms with Crippen LogP contribution in [0.5, 0.6) is 0 Å². The van der Waals surface area contributed by atoms with Crippen LogP contribution in [0.3, 0.4) is 0 Å². The van der Waals surface area contributed by atoms with E-state index in [1.165, 1.54) is 5.56 Å². The summed E-state index contributed by atoms with van der Waals surface area (Å²) < 4.78 is 0. The number of nitroso groups, excluding NO2 is 1. The molecule has 0 spiro atoms. The molecular weight excluding hydrogens is 126 g/mol. The van der Waals surface area contributed by atoms with Gasteiger partial charge in [0.15, 0.2) is 0 Å². The first-order valence-corrected chi connectivity index (χ1v) is 3.34. The second-order valence-corrected chi connectivity index (χ2v) is 2.15. The van der Waals surface area contributed by atoms with E-state index in [9.17, 15) is 4.91 Å². The molecule has 0 aliphatic carbocycles. The number of benzene rings is 1. The molecule has 1 aromatic carbocycles. The second kappa shape index (κ2) is 3.11. The van der Waals surface area contributed by atoms with Crippen molar-refractivity contribution in [2.75, 3.05) is 0 Å². The van der Waals surface area contributed by atoms with Crippen molar-refractivity contribution in [3.05, 3.63) is 34.7 Å². The summed E-state index contributed by atoms with van der Waals surface area (Å²) in [5.41, 5.74) is 1.87. The average Bonchev–Trinajstić information content (AvgIpc) is 2.05. The van der Waals surface area contributed by atoms with Crippen molar-refractivity contribution < 1.29 is 5.18 Å². The highest BCUT2D eigenvalue weighted by molar-refractivity contribution is 5.31. The quantitative estimate of drug-likeness (QED) is 0.638. The second-order valence-electron chi connectivity index (χ2n) is 2.15. The van der Waals surface area contributed by atoms with Gasteiger partial charge in [0.05, 0.1) is 0 Å². The van der Waals surface area contributed by atoms with E-state index >= 15 is 0 Å². The van der Waals surface area contributed by atoms with E-state index in [1.807, 2.05) is 17.3 Å². The number of hydrogen-bond donors (Lipinski definition) is 1. The van der Waals surface area contributed by atoms with Crippen LogP contribution in [0.4, 0.5) is 5.69 Å². The summed E-state index contributed by atoms with van der Waals surface area (Å²) in [6.45, 7) is 2.08. The molecule has 0 aliphatic rings. The Balaban J connectivity index is 2.90. The van der Waals surface area contributed by atoms with Crippen LogP contribution in [0, 0.1) is 4.91 Å². The molecule has 0 radical (unpaired) electrons. The first-order chi connectivity index (χ1) is 4.86. The fourth-order valence-corrected chi connectivity index (χ4v) is 0.808. The van der Waals surface area contributed by atoms with Crippen LogP contribution in [0.1, 0.15) is 12.5 Å². The molecule has 52 valence electrons. The predicted molar refractivity (Wildman–Crippen MR) is 39.8 cm³/mol. The number of aryl methyl sites for hydroxylation is 1. The Kier molecular flexibility index (Phi) is 2.15. The normalized spacial score (nSPS) is 9.30. The van der Waals surface area contributed by atoms with Crippen LogP contribution >= 0.6 is 0 Å². The summed E-state index contributed by atoms with van der Waals surface area (Å²) in [6.07, 6.45) is 1.01. The lowest BCUT2D eigenvalue weighted by Gasteiger charge is -1.90. The molecule has 0 saturated heterocycles. The van der Waals surface area contributed by atoms with Crippen molar-refractivity contribution in [2.45, 2.75) is 13.3 Å². The maximum Gasteiger partial charge on any atom is 0.253 e. The van der Waals surface area contributed by atoms with Gasteiger partial charge in [-0.15, -0.1) is 0 Å². The lowest BCUT2D eigenvalue weighted by Crippen LogP contribution is -2.55. The van der Waals surface area contributed by atoms with E-state index in [1.54, 1.807) is 12.1 Å². The van der Waals surface area contributed by atoms with Crippen LogP contribution in [-0.4, -0.2) is 0 Å². The largest absolute Gasteiger partial charge is 0.253 e. The van der Waals surface area contributed by atoms with Crippen molar-refractivity contribution in [2.24, 2.45) is 0 Å². The Hall–Kier alpha value is -1.18. The average molecular weight is 136 g/mol. The molecule has 2 heteroatoms. The molecule has 0 heterocycles. The van der Waals surface area contributed by atoms with Gasteiger partial charge in [-0.1, -0.05) is 19.1 Å². The van der Waals surface area contributed by atoms with Gasteiger partial charge in [-0.3, -0.25) is 0 Å².